The monoisotopic (exact) mass is 391 g/mol. The van der Waals surface area contributed by atoms with E-state index in [0.29, 0.717) is 0 Å². The van der Waals surface area contributed by atoms with Crippen molar-refractivity contribution < 1.29 is 9.18 Å². The molecule has 2 N–H and O–H groups in total. The van der Waals surface area contributed by atoms with Gasteiger partial charge in [0.05, 0.1) is 15.9 Å². The molecule has 1 atom stereocenters. The Kier molecular flexibility index (Phi) is 5.04. The number of aromatic nitrogens is 1. The molecule has 1 aromatic heterocycles. The molecule has 0 aliphatic rings. The fraction of sp³-hybridized carbons (Fsp3) is 0.0909. The summed E-state index contributed by atoms with van der Waals surface area (Å²) < 4.78 is 14.9. The normalized spacial score (nSPS) is 11.9. The van der Waals surface area contributed by atoms with Crippen molar-refractivity contribution in [1.82, 2.24) is 4.98 Å². The lowest BCUT2D eigenvalue weighted by Crippen LogP contribution is -2.32. The van der Waals surface area contributed by atoms with E-state index in [1.165, 1.54) is 12.1 Å². The minimum atomic E-state index is -0.537. The molecule has 4 nitrogen and oxygen atoms in total. The summed E-state index contributed by atoms with van der Waals surface area (Å²) in [6.07, 6.45) is 0. The highest BCUT2D eigenvalue weighted by Gasteiger charge is 2.15. The van der Waals surface area contributed by atoms with Gasteiger partial charge >= 0.3 is 0 Å². The highest BCUT2D eigenvalue weighted by atomic mass is 32.1. The molecule has 0 saturated heterocycles. The number of amides is 1. The molecule has 0 spiro atoms. The maximum absolute atomic E-state index is 13.7. The molecule has 1 heterocycles. The minimum Gasteiger partial charge on any atom is -0.374 e. The van der Waals surface area contributed by atoms with Crippen molar-refractivity contribution in [3.63, 3.8) is 0 Å². The fourth-order valence-electron chi connectivity index (χ4n) is 2.86. The van der Waals surface area contributed by atoms with Crippen LogP contribution in [0.3, 0.4) is 0 Å². The molecule has 1 amide bonds. The van der Waals surface area contributed by atoms with Crippen molar-refractivity contribution in [3.05, 3.63) is 78.6 Å². The lowest BCUT2D eigenvalue weighted by Gasteiger charge is -2.16. The van der Waals surface area contributed by atoms with Crippen LogP contribution in [-0.2, 0) is 4.79 Å². The molecule has 0 unspecified atom stereocenters. The van der Waals surface area contributed by atoms with Gasteiger partial charge in [-0.3, -0.25) is 4.79 Å². The van der Waals surface area contributed by atoms with E-state index in [1.54, 1.807) is 30.4 Å². The van der Waals surface area contributed by atoms with Gasteiger partial charge in [-0.15, -0.1) is 11.3 Å². The Morgan fingerprint density at radius 3 is 2.64 bits per heavy atom. The molecule has 4 rings (SSSR count). The summed E-state index contributed by atoms with van der Waals surface area (Å²) in [6, 6.07) is 21.4. The van der Waals surface area contributed by atoms with Crippen LogP contribution in [0.5, 0.6) is 0 Å². The molecule has 6 heteroatoms. The summed E-state index contributed by atoms with van der Waals surface area (Å²) in [4.78, 5) is 17.1. The number of halogens is 1. The smallest absolute Gasteiger partial charge is 0.246 e. The molecule has 0 fully saturated rings. The maximum Gasteiger partial charge on any atom is 0.246 e. The van der Waals surface area contributed by atoms with Crippen molar-refractivity contribution >= 4 is 38.8 Å². The third-order valence-electron chi connectivity index (χ3n) is 4.31. The Hall–Kier alpha value is -3.25. The van der Waals surface area contributed by atoms with E-state index < -0.39 is 11.9 Å². The molecule has 28 heavy (non-hydrogen) atoms. The van der Waals surface area contributed by atoms with Crippen LogP contribution in [-0.4, -0.2) is 16.9 Å². The molecule has 3 aromatic carbocycles. The van der Waals surface area contributed by atoms with Crippen molar-refractivity contribution in [2.75, 3.05) is 10.6 Å². The third kappa shape index (κ3) is 3.87. The van der Waals surface area contributed by atoms with Crippen molar-refractivity contribution in [1.29, 1.82) is 0 Å². The van der Waals surface area contributed by atoms with E-state index in [0.717, 1.165) is 26.5 Å². The predicted molar refractivity (Wildman–Crippen MR) is 113 cm³/mol. The van der Waals surface area contributed by atoms with Crippen molar-refractivity contribution in [2.24, 2.45) is 0 Å². The quantitative estimate of drug-likeness (QED) is 0.469. The van der Waals surface area contributed by atoms with Crippen LogP contribution in [0.1, 0.15) is 6.92 Å². The average molecular weight is 391 g/mol. The molecule has 0 aliphatic heterocycles. The first-order valence-corrected chi connectivity index (χ1v) is 9.70. The van der Waals surface area contributed by atoms with Crippen molar-refractivity contribution in [3.8, 4) is 10.6 Å². The Bertz CT molecular complexity index is 1110. The summed E-state index contributed by atoms with van der Waals surface area (Å²) in [5.41, 5.74) is 2.92. The molecule has 0 aliphatic carbocycles. The lowest BCUT2D eigenvalue weighted by atomic mass is 10.2. The van der Waals surface area contributed by atoms with Gasteiger partial charge in [-0.2, -0.15) is 0 Å². The molecule has 4 aromatic rings. The zero-order valence-corrected chi connectivity index (χ0v) is 16.0. The average Bonchev–Trinajstić information content (AvgIpc) is 3.14. The van der Waals surface area contributed by atoms with E-state index in [1.807, 2.05) is 48.5 Å². The van der Waals surface area contributed by atoms with Gasteiger partial charge in [0.15, 0.2) is 0 Å². The number of hydrogen-bond acceptors (Lipinski definition) is 4. The summed E-state index contributed by atoms with van der Waals surface area (Å²) in [7, 11) is 0. The van der Waals surface area contributed by atoms with Crippen LogP contribution >= 0.6 is 11.3 Å². The molecule has 0 radical (unpaired) electrons. The number of carbonyl (C=O) groups excluding carboxylic acids is 1. The van der Waals surface area contributed by atoms with Crippen LogP contribution in [0, 0.1) is 5.82 Å². The topological polar surface area (TPSA) is 54.0 Å². The second-order valence-corrected chi connectivity index (χ2v) is 7.43. The van der Waals surface area contributed by atoms with Gasteiger partial charge in [-0.05, 0) is 43.3 Å². The highest BCUT2D eigenvalue weighted by molar-refractivity contribution is 7.21. The Labute approximate surface area is 166 Å². The number of nitrogens with one attached hydrogen (secondary N) is 2. The van der Waals surface area contributed by atoms with E-state index >= 15 is 0 Å². The Balaban J connectivity index is 1.49. The van der Waals surface area contributed by atoms with Gasteiger partial charge in [-0.25, -0.2) is 9.37 Å². The van der Waals surface area contributed by atoms with Gasteiger partial charge in [0.25, 0.3) is 0 Å². The van der Waals surface area contributed by atoms with Gasteiger partial charge in [0, 0.05) is 11.3 Å². The zero-order valence-electron chi connectivity index (χ0n) is 15.1. The number of hydrogen-bond donors (Lipinski definition) is 2. The number of fused-ring (bicyclic) bond motifs is 1. The van der Waals surface area contributed by atoms with Gasteiger partial charge in [-0.1, -0.05) is 36.4 Å². The largest absolute Gasteiger partial charge is 0.374 e. The SMILES string of the molecule is C[C@@H](Nc1cccc(-c2nc3ccccc3s2)c1)C(=O)Nc1ccccc1F. The van der Waals surface area contributed by atoms with Crippen molar-refractivity contribution in [2.45, 2.75) is 13.0 Å². The standard InChI is InChI=1S/C22H18FN3OS/c1-14(21(27)25-18-10-3-2-9-17(18)23)24-16-8-6-7-15(13-16)22-26-19-11-4-5-12-20(19)28-22/h2-14,24H,1H3,(H,25,27)/t14-/m1/s1. The molecule has 0 bridgehead atoms. The van der Waals surface area contributed by atoms with Gasteiger partial charge in [0.1, 0.15) is 16.9 Å². The number of carbonyl (C=O) groups is 1. The van der Waals surface area contributed by atoms with E-state index in [2.05, 4.69) is 15.6 Å². The van der Waals surface area contributed by atoms with Gasteiger partial charge in [0.2, 0.25) is 5.91 Å². The number of thiazole rings is 1. The van der Waals surface area contributed by atoms with Crippen LogP contribution < -0.4 is 10.6 Å². The first-order chi connectivity index (χ1) is 13.6. The number of anilines is 2. The second-order valence-electron chi connectivity index (χ2n) is 6.40. The molecule has 140 valence electrons. The predicted octanol–water partition coefficient (Wildman–Crippen LogP) is 5.54. The van der Waals surface area contributed by atoms with Crippen LogP contribution in [0.2, 0.25) is 0 Å². The maximum atomic E-state index is 13.7. The lowest BCUT2D eigenvalue weighted by molar-refractivity contribution is -0.116. The van der Waals surface area contributed by atoms with Crippen LogP contribution in [0.25, 0.3) is 20.8 Å². The van der Waals surface area contributed by atoms with E-state index in [-0.39, 0.29) is 11.6 Å². The first kappa shape index (κ1) is 18.1. The van der Waals surface area contributed by atoms with E-state index in [9.17, 15) is 9.18 Å². The fourth-order valence-corrected chi connectivity index (χ4v) is 3.82. The summed E-state index contributed by atoms with van der Waals surface area (Å²) >= 11 is 1.63. The van der Waals surface area contributed by atoms with Gasteiger partial charge < -0.3 is 10.6 Å². The molecular formula is C22H18FN3OS. The number of nitrogens with zero attached hydrogens (tertiary/aromatic N) is 1. The number of para-hydroxylation sites is 2. The summed E-state index contributed by atoms with van der Waals surface area (Å²) in [5.74, 6) is -0.767. The summed E-state index contributed by atoms with van der Waals surface area (Å²) in [5, 5.41) is 6.70. The zero-order chi connectivity index (χ0) is 19.5. The second kappa shape index (κ2) is 7.78. The molecular weight excluding hydrogens is 373 g/mol. The van der Waals surface area contributed by atoms with Crippen LogP contribution in [0.4, 0.5) is 15.8 Å². The Morgan fingerprint density at radius 1 is 1.04 bits per heavy atom. The first-order valence-electron chi connectivity index (χ1n) is 8.88. The third-order valence-corrected chi connectivity index (χ3v) is 5.40. The number of benzene rings is 3. The highest BCUT2D eigenvalue weighted by Crippen LogP contribution is 2.31. The minimum absolute atomic E-state index is 0.171. The number of rotatable bonds is 5. The summed E-state index contributed by atoms with van der Waals surface area (Å²) in [6.45, 7) is 1.74. The van der Waals surface area contributed by atoms with E-state index in [4.69, 9.17) is 0 Å². The van der Waals surface area contributed by atoms with Crippen LogP contribution in [0.15, 0.2) is 72.8 Å². The molecule has 0 saturated carbocycles. The Morgan fingerprint density at radius 2 is 1.82 bits per heavy atom.